The molecule has 0 atom stereocenters. The number of amides is 1. The minimum absolute atomic E-state index is 0.126. The molecule has 172 valence electrons. The third kappa shape index (κ3) is 4.13. The van der Waals surface area contributed by atoms with Crippen molar-refractivity contribution in [2.45, 2.75) is 12.1 Å². The number of nitrogens with one attached hydrogen (secondary N) is 1. The molecule has 0 spiro atoms. The van der Waals surface area contributed by atoms with Crippen LogP contribution in [0.1, 0.15) is 5.56 Å². The van der Waals surface area contributed by atoms with Crippen molar-refractivity contribution >= 4 is 67.0 Å². The molecule has 0 fully saturated rings. The van der Waals surface area contributed by atoms with Gasteiger partial charge in [0.05, 0.1) is 21.5 Å². The zero-order valence-electron chi connectivity index (χ0n) is 19.0. The van der Waals surface area contributed by atoms with Gasteiger partial charge in [-0.1, -0.05) is 36.0 Å². The highest BCUT2D eigenvalue weighted by molar-refractivity contribution is 7.99. The number of para-hydroxylation sites is 1. The molecular formula is C26H20N6OS2. The summed E-state index contributed by atoms with van der Waals surface area (Å²) in [5.41, 5.74) is 6.56. The molecule has 1 N–H and O–H groups in total. The summed E-state index contributed by atoms with van der Waals surface area (Å²) in [4.78, 5) is 21.9. The number of nitrogens with zero attached hydrogens (tertiary/aromatic N) is 5. The number of carbonyl (C=O) groups excluding carboxylic acids is 1. The predicted molar refractivity (Wildman–Crippen MR) is 143 cm³/mol. The molecule has 0 aliphatic heterocycles. The van der Waals surface area contributed by atoms with Gasteiger partial charge in [-0.2, -0.15) is 0 Å². The zero-order chi connectivity index (χ0) is 23.9. The molecule has 1 amide bonds. The van der Waals surface area contributed by atoms with Crippen molar-refractivity contribution in [1.29, 1.82) is 0 Å². The van der Waals surface area contributed by atoms with E-state index in [1.54, 1.807) is 11.3 Å². The minimum Gasteiger partial charge on any atom is -0.327 e. The third-order valence-electron chi connectivity index (χ3n) is 5.78. The number of fused-ring (bicyclic) bond motifs is 4. The second kappa shape index (κ2) is 8.75. The molecule has 0 saturated heterocycles. The molecule has 3 heterocycles. The van der Waals surface area contributed by atoms with Gasteiger partial charge in [0.1, 0.15) is 10.5 Å². The van der Waals surface area contributed by atoms with E-state index in [0.717, 1.165) is 43.8 Å². The number of carbonyl (C=O) groups is 1. The summed E-state index contributed by atoms with van der Waals surface area (Å²) in [6.45, 7) is 2.08. The van der Waals surface area contributed by atoms with Crippen LogP contribution >= 0.6 is 23.1 Å². The maximum Gasteiger partial charge on any atom is 0.234 e. The van der Waals surface area contributed by atoms with Gasteiger partial charge in [-0.15, -0.1) is 21.5 Å². The number of aryl methyl sites for hydroxylation is 2. The number of thioether (sulfide) groups is 1. The van der Waals surface area contributed by atoms with Crippen LogP contribution < -0.4 is 5.32 Å². The monoisotopic (exact) mass is 496 g/mol. The Morgan fingerprint density at radius 1 is 1.03 bits per heavy atom. The van der Waals surface area contributed by atoms with E-state index < -0.39 is 0 Å². The number of aromatic nitrogens is 5. The van der Waals surface area contributed by atoms with Crippen molar-refractivity contribution in [3.63, 3.8) is 0 Å². The van der Waals surface area contributed by atoms with Crippen LogP contribution in [-0.2, 0) is 11.8 Å². The molecular weight excluding hydrogens is 476 g/mol. The Morgan fingerprint density at radius 2 is 1.86 bits per heavy atom. The molecule has 0 unspecified atom stereocenters. The molecule has 9 heteroatoms. The lowest BCUT2D eigenvalue weighted by Gasteiger charge is -2.05. The van der Waals surface area contributed by atoms with E-state index >= 15 is 0 Å². The SMILES string of the molecule is Cc1ccc2nc(-c3ccc(NC(=O)CSc4nnc5c6ccccc6n(C)c5n4)cc3)sc2c1. The Morgan fingerprint density at radius 3 is 2.71 bits per heavy atom. The summed E-state index contributed by atoms with van der Waals surface area (Å²) in [5, 5.41) is 14.0. The lowest BCUT2D eigenvalue weighted by Crippen LogP contribution is -2.14. The fraction of sp³-hybridized carbons (Fsp3) is 0.115. The van der Waals surface area contributed by atoms with Gasteiger partial charge in [-0.05, 0) is 55.0 Å². The Bertz CT molecular complexity index is 1720. The molecule has 0 saturated carbocycles. The van der Waals surface area contributed by atoms with Gasteiger partial charge in [-0.25, -0.2) is 9.97 Å². The van der Waals surface area contributed by atoms with Crippen LogP contribution in [-0.4, -0.2) is 36.4 Å². The van der Waals surface area contributed by atoms with Crippen molar-refractivity contribution in [1.82, 2.24) is 24.7 Å². The Labute approximate surface area is 209 Å². The summed E-state index contributed by atoms with van der Waals surface area (Å²) in [6.07, 6.45) is 0. The highest BCUT2D eigenvalue weighted by Gasteiger charge is 2.14. The number of hydrogen-bond donors (Lipinski definition) is 1. The lowest BCUT2D eigenvalue weighted by atomic mass is 10.2. The summed E-state index contributed by atoms with van der Waals surface area (Å²) >= 11 is 2.94. The van der Waals surface area contributed by atoms with Gasteiger partial charge < -0.3 is 9.88 Å². The number of hydrogen-bond acceptors (Lipinski definition) is 7. The van der Waals surface area contributed by atoms with Crippen LogP contribution in [0.4, 0.5) is 5.69 Å². The van der Waals surface area contributed by atoms with Crippen LogP contribution in [0.2, 0.25) is 0 Å². The van der Waals surface area contributed by atoms with Crippen molar-refractivity contribution in [2.24, 2.45) is 7.05 Å². The Hall–Kier alpha value is -3.82. The lowest BCUT2D eigenvalue weighted by molar-refractivity contribution is -0.113. The van der Waals surface area contributed by atoms with Gasteiger partial charge >= 0.3 is 0 Å². The molecule has 0 aliphatic carbocycles. The standard InChI is InChI=1S/C26H20N6OS2/c1-15-7-12-19-21(13-15)35-25(28-19)16-8-10-17(11-9-16)27-22(33)14-34-26-29-24-23(30-31-26)18-5-3-4-6-20(18)32(24)2/h3-13H,14H2,1-2H3,(H,27,33). The number of anilines is 1. The normalized spacial score (nSPS) is 11.5. The maximum absolute atomic E-state index is 12.5. The maximum atomic E-state index is 12.5. The van der Waals surface area contributed by atoms with Crippen LogP contribution in [0, 0.1) is 6.92 Å². The van der Waals surface area contributed by atoms with E-state index in [0.29, 0.717) is 5.16 Å². The Balaban J connectivity index is 1.12. The van der Waals surface area contributed by atoms with Crippen molar-refractivity contribution in [3.05, 3.63) is 72.3 Å². The van der Waals surface area contributed by atoms with Gasteiger partial charge in [0, 0.05) is 23.7 Å². The van der Waals surface area contributed by atoms with Crippen molar-refractivity contribution < 1.29 is 4.79 Å². The van der Waals surface area contributed by atoms with Gasteiger partial charge in [0.2, 0.25) is 11.1 Å². The fourth-order valence-corrected chi connectivity index (χ4v) is 5.68. The van der Waals surface area contributed by atoms with Crippen LogP contribution in [0.3, 0.4) is 0 Å². The van der Waals surface area contributed by atoms with E-state index in [-0.39, 0.29) is 11.7 Å². The largest absolute Gasteiger partial charge is 0.327 e. The summed E-state index contributed by atoms with van der Waals surface area (Å²) in [7, 11) is 1.96. The molecule has 0 radical (unpaired) electrons. The summed E-state index contributed by atoms with van der Waals surface area (Å²) in [5.74, 6) is 0.0646. The highest BCUT2D eigenvalue weighted by Crippen LogP contribution is 2.31. The van der Waals surface area contributed by atoms with E-state index in [1.165, 1.54) is 22.0 Å². The second-order valence-corrected chi connectivity index (χ2v) is 10.2. The van der Waals surface area contributed by atoms with E-state index in [9.17, 15) is 4.79 Å². The fourth-order valence-electron chi connectivity index (χ4n) is 4.03. The summed E-state index contributed by atoms with van der Waals surface area (Å²) < 4.78 is 3.17. The molecule has 0 bridgehead atoms. The first-order chi connectivity index (χ1) is 17.0. The first-order valence-corrected chi connectivity index (χ1v) is 12.8. The first-order valence-electron chi connectivity index (χ1n) is 11.0. The summed E-state index contributed by atoms with van der Waals surface area (Å²) in [6, 6.07) is 22.0. The van der Waals surface area contributed by atoms with E-state index in [2.05, 4.69) is 39.6 Å². The molecule has 0 aliphatic rings. The predicted octanol–water partition coefficient (Wildman–Crippen LogP) is 5.83. The molecule has 3 aromatic heterocycles. The van der Waals surface area contributed by atoms with Crippen molar-refractivity contribution in [2.75, 3.05) is 11.1 Å². The minimum atomic E-state index is -0.126. The average molecular weight is 497 g/mol. The van der Waals surface area contributed by atoms with E-state index in [4.69, 9.17) is 4.98 Å². The molecule has 6 aromatic rings. The highest BCUT2D eigenvalue weighted by atomic mass is 32.2. The number of thiazole rings is 1. The first kappa shape index (κ1) is 21.7. The quantitative estimate of drug-likeness (QED) is 0.302. The zero-order valence-corrected chi connectivity index (χ0v) is 20.7. The van der Waals surface area contributed by atoms with Crippen LogP contribution in [0.15, 0.2) is 71.9 Å². The van der Waals surface area contributed by atoms with E-state index in [1.807, 2.05) is 66.2 Å². The Kier molecular flexibility index (Phi) is 5.43. The topological polar surface area (TPSA) is 85.6 Å². The smallest absolute Gasteiger partial charge is 0.234 e. The molecule has 35 heavy (non-hydrogen) atoms. The van der Waals surface area contributed by atoms with Crippen molar-refractivity contribution in [3.8, 4) is 10.6 Å². The number of rotatable bonds is 5. The average Bonchev–Trinajstić information content (AvgIpc) is 3.42. The van der Waals surface area contributed by atoms with Crippen LogP contribution in [0.5, 0.6) is 0 Å². The van der Waals surface area contributed by atoms with Gasteiger partial charge in [-0.3, -0.25) is 4.79 Å². The second-order valence-electron chi connectivity index (χ2n) is 8.25. The molecule has 6 rings (SSSR count). The van der Waals surface area contributed by atoms with Gasteiger partial charge in [0.15, 0.2) is 5.65 Å². The molecule has 3 aromatic carbocycles. The van der Waals surface area contributed by atoms with Gasteiger partial charge in [0.25, 0.3) is 0 Å². The third-order valence-corrected chi connectivity index (χ3v) is 7.68. The number of benzene rings is 3. The van der Waals surface area contributed by atoms with Crippen LogP contribution in [0.25, 0.3) is 42.9 Å². The molecule has 7 nitrogen and oxygen atoms in total.